The highest BCUT2D eigenvalue weighted by molar-refractivity contribution is 5.64. The fraction of sp³-hybridized carbons (Fsp3) is 0.250. The summed E-state index contributed by atoms with van der Waals surface area (Å²) >= 11 is 0. The van der Waals surface area contributed by atoms with E-state index in [4.69, 9.17) is 4.74 Å². The molecule has 0 amide bonds. The van der Waals surface area contributed by atoms with E-state index in [0.717, 1.165) is 47.3 Å². The van der Waals surface area contributed by atoms with Crippen molar-refractivity contribution in [1.82, 2.24) is 19.1 Å². The van der Waals surface area contributed by atoms with E-state index in [1.165, 1.54) is 5.69 Å². The molecule has 2 heterocycles. The van der Waals surface area contributed by atoms with E-state index in [-0.39, 0.29) is 0 Å². The highest BCUT2D eigenvalue weighted by Crippen LogP contribution is 2.29. The van der Waals surface area contributed by atoms with E-state index in [0.29, 0.717) is 0 Å². The van der Waals surface area contributed by atoms with Crippen LogP contribution >= 0.6 is 0 Å². The molecule has 6 heteroatoms. The smallest absolute Gasteiger partial charge is 0.144 e. The van der Waals surface area contributed by atoms with Crippen LogP contribution in [0.5, 0.6) is 5.75 Å². The lowest BCUT2D eigenvalue weighted by Gasteiger charge is -2.21. The zero-order valence-electron chi connectivity index (χ0n) is 17.9. The van der Waals surface area contributed by atoms with Crippen LogP contribution in [0.2, 0.25) is 0 Å². The molecule has 30 heavy (non-hydrogen) atoms. The predicted molar refractivity (Wildman–Crippen MR) is 121 cm³/mol. The number of aryl methyl sites for hydroxylation is 1. The van der Waals surface area contributed by atoms with E-state index in [1.807, 2.05) is 42.2 Å². The molecule has 0 spiro atoms. The Morgan fingerprint density at radius 1 is 1.00 bits per heavy atom. The Morgan fingerprint density at radius 2 is 1.77 bits per heavy atom. The molecule has 0 saturated carbocycles. The number of benzene rings is 2. The van der Waals surface area contributed by atoms with E-state index >= 15 is 0 Å². The second-order valence-corrected chi connectivity index (χ2v) is 7.12. The first-order valence-electron chi connectivity index (χ1n) is 10.2. The fourth-order valence-corrected chi connectivity index (χ4v) is 3.72. The number of imidazole rings is 2. The molecule has 0 aliphatic carbocycles. The van der Waals surface area contributed by atoms with Crippen LogP contribution in [0, 0.1) is 6.92 Å². The molecule has 0 N–H and O–H groups in total. The molecule has 0 aliphatic heterocycles. The summed E-state index contributed by atoms with van der Waals surface area (Å²) in [5.41, 5.74) is 5.21. The van der Waals surface area contributed by atoms with Gasteiger partial charge in [0.25, 0.3) is 0 Å². The topological polar surface area (TPSA) is 48.1 Å². The maximum Gasteiger partial charge on any atom is 0.144 e. The molecule has 4 aromatic rings. The Morgan fingerprint density at radius 3 is 2.40 bits per heavy atom. The molecule has 4 rings (SSSR count). The third kappa shape index (κ3) is 3.68. The molecule has 0 bridgehead atoms. The van der Waals surface area contributed by atoms with Crippen molar-refractivity contribution in [2.75, 3.05) is 25.1 Å². The molecule has 0 atom stereocenters. The molecule has 0 radical (unpaired) electrons. The first-order chi connectivity index (χ1) is 14.6. The van der Waals surface area contributed by atoms with E-state index in [1.54, 1.807) is 13.4 Å². The molecule has 2 aromatic carbocycles. The van der Waals surface area contributed by atoms with Gasteiger partial charge in [-0.25, -0.2) is 9.97 Å². The van der Waals surface area contributed by atoms with Crippen molar-refractivity contribution in [2.45, 2.75) is 20.8 Å². The van der Waals surface area contributed by atoms with Crippen LogP contribution in [0.25, 0.3) is 22.8 Å². The van der Waals surface area contributed by atoms with Gasteiger partial charge in [-0.2, -0.15) is 0 Å². The lowest BCUT2D eigenvalue weighted by atomic mass is 10.1. The van der Waals surface area contributed by atoms with Gasteiger partial charge in [-0.3, -0.25) is 4.57 Å². The highest BCUT2D eigenvalue weighted by atomic mass is 16.5. The number of aromatic nitrogens is 4. The van der Waals surface area contributed by atoms with Gasteiger partial charge in [0.1, 0.15) is 11.6 Å². The average molecular weight is 402 g/mol. The van der Waals surface area contributed by atoms with Crippen LogP contribution in [-0.4, -0.2) is 39.3 Å². The van der Waals surface area contributed by atoms with E-state index < -0.39 is 0 Å². The Labute approximate surface area is 177 Å². The molecule has 6 nitrogen and oxygen atoms in total. The van der Waals surface area contributed by atoms with Crippen LogP contribution in [0.3, 0.4) is 0 Å². The maximum absolute atomic E-state index is 5.67. The SMILES string of the molecule is CCN(CC)c1ccc(-c2nccn2-c2ccc(-n3cnc(C)c3)c(OC)c2)cc1. The molecule has 0 fully saturated rings. The number of ether oxygens (including phenoxy) is 1. The third-order valence-electron chi connectivity index (χ3n) is 5.33. The van der Waals surface area contributed by atoms with E-state index in [2.05, 4.69) is 63.6 Å². The second-order valence-electron chi connectivity index (χ2n) is 7.12. The summed E-state index contributed by atoms with van der Waals surface area (Å²) in [5, 5.41) is 0. The number of nitrogens with zero attached hydrogens (tertiary/aromatic N) is 5. The average Bonchev–Trinajstić information content (AvgIpc) is 3.44. The van der Waals surface area contributed by atoms with Crippen molar-refractivity contribution in [3.05, 3.63) is 73.1 Å². The lowest BCUT2D eigenvalue weighted by molar-refractivity contribution is 0.412. The minimum atomic E-state index is 0.779. The summed E-state index contributed by atoms with van der Waals surface area (Å²) in [6.45, 7) is 8.30. The van der Waals surface area contributed by atoms with Crippen molar-refractivity contribution in [1.29, 1.82) is 0 Å². The van der Waals surface area contributed by atoms with Crippen molar-refractivity contribution in [3.8, 4) is 28.5 Å². The normalized spacial score (nSPS) is 10.9. The molecular weight excluding hydrogens is 374 g/mol. The molecule has 154 valence electrons. The summed E-state index contributed by atoms with van der Waals surface area (Å²) in [4.78, 5) is 11.3. The Hall–Kier alpha value is -3.54. The van der Waals surface area contributed by atoms with Crippen molar-refractivity contribution in [2.24, 2.45) is 0 Å². The van der Waals surface area contributed by atoms with Gasteiger partial charge in [-0.05, 0) is 57.2 Å². The zero-order valence-corrected chi connectivity index (χ0v) is 17.9. The fourth-order valence-electron chi connectivity index (χ4n) is 3.72. The molecule has 0 unspecified atom stereocenters. The van der Waals surface area contributed by atoms with Gasteiger partial charge in [0, 0.05) is 49.0 Å². The van der Waals surface area contributed by atoms with Crippen LogP contribution in [0.4, 0.5) is 5.69 Å². The molecule has 0 aliphatic rings. The summed E-state index contributed by atoms with van der Waals surface area (Å²) < 4.78 is 9.72. The standard InChI is InChI=1S/C24H27N5O/c1-5-27(6-2)20-9-7-19(8-10-20)24-25-13-14-29(24)21-11-12-22(23(15-21)30-4)28-16-18(3)26-17-28/h7-17H,5-6H2,1-4H3. The summed E-state index contributed by atoms with van der Waals surface area (Å²) in [6, 6.07) is 14.7. The van der Waals surface area contributed by atoms with Gasteiger partial charge in [0.05, 0.1) is 30.5 Å². The number of hydrogen-bond acceptors (Lipinski definition) is 4. The summed E-state index contributed by atoms with van der Waals surface area (Å²) in [6.07, 6.45) is 7.58. The van der Waals surface area contributed by atoms with Gasteiger partial charge in [0.15, 0.2) is 0 Å². The number of methoxy groups -OCH3 is 1. The second kappa shape index (κ2) is 8.45. The van der Waals surface area contributed by atoms with Crippen LogP contribution < -0.4 is 9.64 Å². The number of rotatable bonds is 7. The van der Waals surface area contributed by atoms with Crippen LogP contribution in [-0.2, 0) is 0 Å². The highest BCUT2D eigenvalue weighted by Gasteiger charge is 2.12. The van der Waals surface area contributed by atoms with E-state index in [9.17, 15) is 0 Å². The van der Waals surface area contributed by atoms with Gasteiger partial charge < -0.3 is 14.2 Å². The first-order valence-corrected chi connectivity index (χ1v) is 10.2. The molecular formula is C24H27N5O. The van der Waals surface area contributed by atoms with Crippen LogP contribution in [0.1, 0.15) is 19.5 Å². The minimum Gasteiger partial charge on any atom is -0.494 e. The minimum absolute atomic E-state index is 0.779. The third-order valence-corrected chi connectivity index (χ3v) is 5.33. The molecule has 0 saturated heterocycles. The number of anilines is 1. The zero-order chi connectivity index (χ0) is 21.1. The van der Waals surface area contributed by atoms with Gasteiger partial charge in [-0.15, -0.1) is 0 Å². The van der Waals surface area contributed by atoms with Crippen molar-refractivity contribution < 1.29 is 4.74 Å². The Bertz CT molecular complexity index is 1120. The van der Waals surface area contributed by atoms with Crippen LogP contribution in [0.15, 0.2) is 67.4 Å². The summed E-state index contributed by atoms with van der Waals surface area (Å²) in [7, 11) is 1.69. The van der Waals surface area contributed by atoms with Crippen molar-refractivity contribution >= 4 is 5.69 Å². The maximum atomic E-state index is 5.67. The largest absolute Gasteiger partial charge is 0.494 e. The lowest BCUT2D eigenvalue weighted by Crippen LogP contribution is -2.21. The predicted octanol–water partition coefficient (Wildman–Crippen LogP) is 4.89. The van der Waals surface area contributed by atoms with Gasteiger partial charge in [-0.1, -0.05) is 0 Å². The Kier molecular flexibility index (Phi) is 5.57. The Balaban J connectivity index is 1.69. The summed E-state index contributed by atoms with van der Waals surface area (Å²) in [5.74, 6) is 1.68. The monoisotopic (exact) mass is 401 g/mol. The van der Waals surface area contributed by atoms with Gasteiger partial charge in [0.2, 0.25) is 0 Å². The van der Waals surface area contributed by atoms with Crippen molar-refractivity contribution in [3.63, 3.8) is 0 Å². The quantitative estimate of drug-likeness (QED) is 0.442. The number of hydrogen-bond donors (Lipinski definition) is 0. The first kappa shape index (κ1) is 19.8. The van der Waals surface area contributed by atoms with Gasteiger partial charge >= 0.3 is 0 Å². The molecule has 2 aromatic heterocycles.